The number of hydrogen-bond acceptors (Lipinski definition) is 5. The van der Waals surface area contributed by atoms with Gasteiger partial charge in [-0.2, -0.15) is 0 Å². The van der Waals surface area contributed by atoms with E-state index in [4.69, 9.17) is 5.11 Å². The highest BCUT2D eigenvalue weighted by Crippen LogP contribution is 2.38. The Morgan fingerprint density at radius 3 is 2.61 bits per heavy atom. The molecule has 28 heavy (non-hydrogen) atoms. The first-order chi connectivity index (χ1) is 13.5. The number of amides is 1. The summed E-state index contributed by atoms with van der Waals surface area (Å²) in [5.41, 5.74) is 0.276. The zero-order valence-corrected chi connectivity index (χ0v) is 15.2. The van der Waals surface area contributed by atoms with Crippen LogP contribution in [0.4, 0.5) is 10.1 Å². The fourth-order valence-corrected chi connectivity index (χ4v) is 3.57. The standard InChI is InChI=1S/C19H21FN4O4/c20-14-7-12-15(8-16(14)23-5-3-21-4-6-23)24(11-1-2-11)10-13(18(12)27)19(28)22-9-17(25)26/h7-8,10-11,21H,1-6,9H2,(H,22,28)(H,25,26). The van der Waals surface area contributed by atoms with E-state index in [-0.39, 0.29) is 17.0 Å². The fraction of sp³-hybridized carbons (Fsp3) is 0.421. The largest absolute Gasteiger partial charge is 0.480 e. The van der Waals surface area contributed by atoms with E-state index in [0.29, 0.717) is 24.3 Å². The molecule has 2 aromatic rings. The molecule has 2 fully saturated rings. The van der Waals surface area contributed by atoms with E-state index >= 15 is 0 Å². The van der Waals surface area contributed by atoms with Crippen LogP contribution in [0.1, 0.15) is 29.2 Å². The number of halogens is 1. The lowest BCUT2D eigenvalue weighted by atomic mass is 10.1. The highest BCUT2D eigenvalue weighted by molar-refractivity contribution is 5.99. The number of piperazine rings is 1. The van der Waals surface area contributed by atoms with Crippen LogP contribution in [0.15, 0.2) is 23.1 Å². The smallest absolute Gasteiger partial charge is 0.322 e. The van der Waals surface area contributed by atoms with E-state index in [1.165, 1.54) is 12.3 Å². The average molecular weight is 388 g/mol. The Bertz CT molecular complexity index is 1010. The predicted octanol–water partition coefficient (Wildman–Crippen LogP) is 0.699. The molecule has 0 unspecified atom stereocenters. The minimum absolute atomic E-state index is 0.131. The molecule has 0 bridgehead atoms. The molecule has 3 N–H and O–H groups in total. The van der Waals surface area contributed by atoms with Gasteiger partial charge in [-0.3, -0.25) is 14.4 Å². The second kappa shape index (κ2) is 7.23. The maximum atomic E-state index is 14.8. The number of rotatable bonds is 5. The number of nitrogens with zero attached hydrogens (tertiary/aromatic N) is 2. The van der Waals surface area contributed by atoms with Crippen LogP contribution in [-0.2, 0) is 4.79 Å². The van der Waals surface area contributed by atoms with Gasteiger partial charge in [-0.05, 0) is 25.0 Å². The number of fused-ring (bicyclic) bond motifs is 1. The summed E-state index contributed by atoms with van der Waals surface area (Å²) in [4.78, 5) is 37.8. The number of anilines is 1. The Kier molecular flexibility index (Phi) is 4.76. The Morgan fingerprint density at radius 2 is 1.96 bits per heavy atom. The van der Waals surface area contributed by atoms with Crippen molar-refractivity contribution < 1.29 is 19.1 Å². The van der Waals surface area contributed by atoms with Crippen molar-refractivity contribution in [2.45, 2.75) is 18.9 Å². The Balaban J connectivity index is 1.82. The molecule has 0 spiro atoms. The molecule has 2 heterocycles. The lowest BCUT2D eigenvalue weighted by Crippen LogP contribution is -2.44. The first kappa shape index (κ1) is 18.4. The summed E-state index contributed by atoms with van der Waals surface area (Å²) < 4.78 is 16.7. The summed E-state index contributed by atoms with van der Waals surface area (Å²) in [5.74, 6) is -2.48. The minimum Gasteiger partial charge on any atom is -0.480 e. The number of benzene rings is 1. The maximum absolute atomic E-state index is 14.8. The van der Waals surface area contributed by atoms with Gasteiger partial charge in [-0.15, -0.1) is 0 Å². The van der Waals surface area contributed by atoms with E-state index in [0.717, 1.165) is 25.9 Å². The highest BCUT2D eigenvalue weighted by atomic mass is 19.1. The number of carboxylic acid groups (broad SMARTS) is 1. The van der Waals surface area contributed by atoms with E-state index in [2.05, 4.69) is 10.6 Å². The van der Waals surface area contributed by atoms with Gasteiger partial charge in [0, 0.05) is 43.8 Å². The normalized spacial score (nSPS) is 17.0. The summed E-state index contributed by atoms with van der Waals surface area (Å²) in [5, 5.41) is 14.3. The van der Waals surface area contributed by atoms with E-state index in [9.17, 15) is 18.8 Å². The van der Waals surface area contributed by atoms with Gasteiger partial charge in [0.15, 0.2) is 0 Å². The van der Waals surface area contributed by atoms with Gasteiger partial charge in [0.05, 0.1) is 11.2 Å². The second-order valence-corrected chi connectivity index (χ2v) is 7.14. The summed E-state index contributed by atoms with van der Waals surface area (Å²) in [6, 6.07) is 3.03. The van der Waals surface area contributed by atoms with Crippen molar-refractivity contribution in [3.05, 3.63) is 39.9 Å². The van der Waals surface area contributed by atoms with Crippen LogP contribution in [0.3, 0.4) is 0 Å². The number of pyridine rings is 1. The molecule has 1 aromatic heterocycles. The lowest BCUT2D eigenvalue weighted by molar-refractivity contribution is -0.135. The SMILES string of the molecule is O=C(O)CNC(=O)c1cn(C2CC2)c2cc(N3CCNCC3)c(F)cc2c1=O. The van der Waals surface area contributed by atoms with Gasteiger partial charge < -0.3 is 25.2 Å². The predicted molar refractivity (Wildman–Crippen MR) is 101 cm³/mol. The van der Waals surface area contributed by atoms with Crippen LogP contribution in [0.5, 0.6) is 0 Å². The molecule has 0 radical (unpaired) electrons. The molecule has 2 aliphatic rings. The highest BCUT2D eigenvalue weighted by Gasteiger charge is 2.28. The summed E-state index contributed by atoms with van der Waals surface area (Å²) >= 11 is 0. The van der Waals surface area contributed by atoms with Crippen molar-refractivity contribution in [2.24, 2.45) is 0 Å². The first-order valence-corrected chi connectivity index (χ1v) is 9.30. The Labute approximate surface area is 159 Å². The number of hydrogen-bond donors (Lipinski definition) is 3. The maximum Gasteiger partial charge on any atom is 0.322 e. The van der Waals surface area contributed by atoms with Crippen molar-refractivity contribution >= 4 is 28.5 Å². The molecular formula is C19H21FN4O4. The molecule has 1 amide bonds. The van der Waals surface area contributed by atoms with Crippen molar-refractivity contribution in [3.8, 4) is 0 Å². The van der Waals surface area contributed by atoms with Crippen LogP contribution in [0.2, 0.25) is 0 Å². The molecule has 4 rings (SSSR count). The van der Waals surface area contributed by atoms with Crippen molar-refractivity contribution in [3.63, 3.8) is 0 Å². The van der Waals surface area contributed by atoms with E-state index in [1.807, 2.05) is 9.47 Å². The topological polar surface area (TPSA) is 104 Å². The van der Waals surface area contributed by atoms with Crippen LogP contribution in [-0.4, -0.2) is 54.3 Å². The number of aliphatic carboxylic acids is 1. The third-order valence-electron chi connectivity index (χ3n) is 5.14. The van der Waals surface area contributed by atoms with Gasteiger partial charge in [-0.1, -0.05) is 0 Å². The van der Waals surface area contributed by atoms with Crippen molar-refractivity contribution in [1.82, 2.24) is 15.2 Å². The van der Waals surface area contributed by atoms with Crippen LogP contribution in [0, 0.1) is 5.82 Å². The van der Waals surface area contributed by atoms with Crippen LogP contribution < -0.4 is 21.0 Å². The van der Waals surface area contributed by atoms with E-state index < -0.39 is 29.7 Å². The summed E-state index contributed by atoms with van der Waals surface area (Å²) in [6.45, 7) is 2.28. The van der Waals surface area contributed by atoms with E-state index in [1.54, 1.807) is 6.07 Å². The van der Waals surface area contributed by atoms with Crippen molar-refractivity contribution in [1.29, 1.82) is 0 Å². The van der Waals surface area contributed by atoms with Crippen LogP contribution in [0.25, 0.3) is 10.9 Å². The summed E-state index contributed by atoms with van der Waals surface area (Å²) in [7, 11) is 0. The number of aromatic nitrogens is 1. The van der Waals surface area contributed by atoms with Gasteiger partial charge in [-0.25, -0.2) is 4.39 Å². The summed E-state index contributed by atoms with van der Waals surface area (Å²) in [6.07, 6.45) is 3.29. The monoisotopic (exact) mass is 388 g/mol. The molecule has 1 saturated carbocycles. The zero-order chi connectivity index (χ0) is 19.8. The molecular weight excluding hydrogens is 367 g/mol. The number of carbonyl (C=O) groups is 2. The molecule has 1 saturated heterocycles. The third kappa shape index (κ3) is 3.45. The average Bonchev–Trinajstić information content (AvgIpc) is 3.52. The van der Waals surface area contributed by atoms with Gasteiger partial charge in [0.25, 0.3) is 5.91 Å². The second-order valence-electron chi connectivity index (χ2n) is 7.14. The number of carbonyl (C=O) groups excluding carboxylic acids is 1. The Hall–Kier alpha value is -2.94. The first-order valence-electron chi connectivity index (χ1n) is 9.30. The molecule has 0 atom stereocenters. The molecule has 9 heteroatoms. The lowest BCUT2D eigenvalue weighted by Gasteiger charge is -2.30. The molecule has 8 nitrogen and oxygen atoms in total. The Morgan fingerprint density at radius 1 is 1.25 bits per heavy atom. The number of nitrogens with one attached hydrogen (secondary N) is 2. The molecule has 1 aliphatic carbocycles. The molecule has 1 aromatic carbocycles. The van der Waals surface area contributed by atoms with Gasteiger partial charge in [0.2, 0.25) is 5.43 Å². The fourth-order valence-electron chi connectivity index (χ4n) is 3.57. The molecule has 148 valence electrons. The minimum atomic E-state index is -1.21. The number of carboxylic acids is 1. The van der Waals surface area contributed by atoms with Gasteiger partial charge >= 0.3 is 5.97 Å². The van der Waals surface area contributed by atoms with Crippen molar-refractivity contribution in [2.75, 3.05) is 37.6 Å². The molecule has 1 aliphatic heterocycles. The zero-order valence-electron chi connectivity index (χ0n) is 15.2. The van der Waals surface area contributed by atoms with Crippen LogP contribution >= 0.6 is 0 Å². The van der Waals surface area contributed by atoms with Gasteiger partial charge in [0.1, 0.15) is 17.9 Å². The quantitative estimate of drug-likeness (QED) is 0.697. The third-order valence-corrected chi connectivity index (χ3v) is 5.14.